The van der Waals surface area contributed by atoms with E-state index in [9.17, 15) is 0 Å². The lowest BCUT2D eigenvalue weighted by Crippen LogP contribution is -2.20. The fourth-order valence-electron chi connectivity index (χ4n) is 2.38. The Kier molecular flexibility index (Phi) is 4.18. The second-order valence-electron chi connectivity index (χ2n) is 4.93. The van der Waals surface area contributed by atoms with Crippen LogP contribution in [0.25, 0.3) is 0 Å². The summed E-state index contributed by atoms with van der Waals surface area (Å²) in [5.41, 5.74) is 1.01. The third-order valence-corrected chi connectivity index (χ3v) is 3.73. The molecule has 96 valence electrons. The molecule has 2 atom stereocenters. The molecule has 0 aliphatic carbocycles. The molecule has 2 heterocycles. The first-order chi connectivity index (χ1) is 8.22. The van der Waals surface area contributed by atoms with Crippen molar-refractivity contribution in [3.05, 3.63) is 17.8 Å². The van der Waals surface area contributed by atoms with Crippen molar-refractivity contribution in [1.29, 1.82) is 0 Å². The number of nitrogens with zero attached hydrogens (tertiary/aromatic N) is 2. The van der Waals surface area contributed by atoms with Gasteiger partial charge in [0.05, 0.1) is 5.69 Å². The van der Waals surface area contributed by atoms with Crippen molar-refractivity contribution >= 4 is 0 Å². The smallest absolute Gasteiger partial charge is 0.194 e. The molecule has 0 radical (unpaired) electrons. The molecule has 1 aromatic heterocycles. The maximum absolute atomic E-state index is 5.55. The van der Waals surface area contributed by atoms with Crippen LogP contribution in [0.15, 0.2) is 10.7 Å². The van der Waals surface area contributed by atoms with Gasteiger partial charge in [-0.2, -0.15) is 0 Å². The lowest BCUT2D eigenvalue weighted by molar-refractivity contribution is 0.335. The minimum atomic E-state index is 0.267. The Balaban J connectivity index is 1.89. The van der Waals surface area contributed by atoms with Gasteiger partial charge in [-0.25, -0.2) is 4.98 Å². The van der Waals surface area contributed by atoms with E-state index in [0.29, 0.717) is 5.92 Å². The van der Waals surface area contributed by atoms with E-state index in [-0.39, 0.29) is 6.04 Å². The van der Waals surface area contributed by atoms with Crippen LogP contribution < -0.4 is 5.32 Å². The van der Waals surface area contributed by atoms with Crippen LogP contribution in [0.4, 0.5) is 0 Å². The zero-order valence-corrected chi connectivity index (χ0v) is 11.1. The number of rotatable bonds is 5. The highest BCUT2D eigenvalue weighted by molar-refractivity contribution is 5.02. The molecule has 1 aliphatic heterocycles. The Morgan fingerprint density at radius 3 is 3.12 bits per heavy atom. The van der Waals surface area contributed by atoms with Gasteiger partial charge in [0.25, 0.3) is 0 Å². The maximum atomic E-state index is 5.55. The van der Waals surface area contributed by atoms with Gasteiger partial charge in [0.15, 0.2) is 5.89 Å². The zero-order valence-electron chi connectivity index (χ0n) is 11.1. The normalized spacial score (nSPS) is 23.1. The third-order valence-electron chi connectivity index (χ3n) is 3.73. The van der Waals surface area contributed by atoms with Gasteiger partial charge in [0.1, 0.15) is 6.26 Å². The Hall–Kier alpha value is -0.870. The van der Waals surface area contributed by atoms with E-state index in [0.717, 1.165) is 24.6 Å². The SMILES string of the molecule is CCN1CCC(Cc2nc(C(C)NC)co2)C1. The topological polar surface area (TPSA) is 41.3 Å². The number of likely N-dealkylation sites (tertiary alicyclic amines) is 1. The molecular formula is C13H23N3O. The molecule has 2 rings (SSSR count). The van der Waals surface area contributed by atoms with Gasteiger partial charge < -0.3 is 14.6 Å². The van der Waals surface area contributed by atoms with Crippen LogP contribution in [0.5, 0.6) is 0 Å². The van der Waals surface area contributed by atoms with E-state index in [2.05, 4.69) is 29.0 Å². The van der Waals surface area contributed by atoms with Gasteiger partial charge in [-0.05, 0) is 39.4 Å². The third kappa shape index (κ3) is 3.07. The molecule has 17 heavy (non-hydrogen) atoms. The highest BCUT2D eigenvalue weighted by atomic mass is 16.3. The summed E-state index contributed by atoms with van der Waals surface area (Å²) in [5.74, 6) is 1.61. The van der Waals surface area contributed by atoms with Crippen molar-refractivity contribution in [3.63, 3.8) is 0 Å². The van der Waals surface area contributed by atoms with E-state index >= 15 is 0 Å². The van der Waals surface area contributed by atoms with Crippen LogP contribution in [0.2, 0.25) is 0 Å². The molecule has 1 N–H and O–H groups in total. The summed E-state index contributed by atoms with van der Waals surface area (Å²) >= 11 is 0. The molecule has 4 nitrogen and oxygen atoms in total. The molecule has 0 spiro atoms. The highest BCUT2D eigenvalue weighted by Crippen LogP contribution is 2.21. The summed E-state index contributed by atoms with van der Waals surface area (Å²) < 4.78 is 5.55. The van der Waals surface area contributed by atoms with Crippen LogP contribution in [0, 0.1) is 5.92 Å². The highest BCUT2D eigenvalue weighted by Gasteiger charge is 2.23. The van der Waals surface area contributed by atoms with E-state index < -0.39 is 0 Å². The van der Waals surface area contributed by atoms with Crippen molar-refractivity contribution in [2.75, 3.05) is 26.7 Å². The van der Waals surface area contributed by atoms with Crippen molar-refractivity contribution in [1.82, 2.24) is 15.2 Å². The van der Waals surface area contributed by atoms with Crippen LogP contribution in [0.3, 0.4) is 0 Å². The van der Waals surface area contributed by atoms with Crippen molar-refractivity contribution < 1.29 is 4.42 Å². The largest absolute Gasteiger partial charge is 0.449 e. The number of oxazole rings is 1. The van der Waals surface area contributed by atoms with Crippen LogP contribution in [0.1, 0.15) is 37.9 Å². The molecule has 0 saturated carbocycles. The van der Waals surface area contributed by atoms with Crippen molar-refractivity contribution in [3.8, 4) is 0 Å². The predicted octanol–water partition coefficient (Wildman–Crippen LogP) is 1.84. The lowest BCUT2D eigenvalue weighted by Gasteiger charge is -2.11. The molecule has 0 amide bonds. The monoisotopic (exact) mass is 237 g/mol. The summed E-state index contributed by atoms with van der Waals surface area (Å²) in [6, 6.07) is 0.267. The molecule has 1 aromatic rings. The fourth-order valence-corrected chi connectivity index (χ4v) is 2.38. The molecule has 2 unspecified atom stereocenters. The summed E-state index contributed by atoms with van der Waals surface area (Å²) in [4.78, 5) is 7.04. The molecule has 1 saturated heterocycles. The average molecular weight is 237 g/mol. The first kappa shape index (κ1) is 12.6. The summed E-state index contributed by atoms with van der Waals surface area (Å²) in [6.07, 6.45) is 4.03. The minimum Gasteiger partial charge on any atom is -0.449 e. The first-order valence-electron chi connectivity index (χ1n) is 6.56. The molecular weight excluding hydrogens is 214 g/mol. The van der Waals surface area contributed by atoms with Gasteiger partial charge in [-0.3, -0.25) is 0 Å². The Morgan fingerprint density at radius 2 is 2.47 bits per heavy atom. The standard InChI is InChI=1S/C13H23N3O/c1-4-16-6-5-11(8-16)7-13-15-12(9-17-13)10(2)14-3/h9-11,14H,4-8H2,1-3H3. The molecule has 1 aliphatic rings. The van der Waals surface area contributed by atoms with Gasteiger partial charge >= 0.3 is 0 Å². The number of nitrogens with one attached hydrogen (secondary N) is 1. The molecule has 1 fully saturated rings. The molecule has 0 bridgehead atoms. The van der Waals surface area contributed by atoms with E-state index in [1.54, 1.807) is 6.26 Å². The van der Waals surface area contributed by atoms with E-state index in [4.69, 9.17) is 4.42 Å². The quantitative estimate of drug-likeness (QED) is 0.848. The van der Waals surface area contributed by atoms with Crippen LogP contribution in [-0.4, -0.2) is 36.6 Å². The van der Waals surface area contributed by atoms with Crippen LogP contribution in [-0.2, 0) is 6.42 Å². The lowest BCUT2D eigenvalue weighted by atomic mass is 10.1. The van der Waals surface area contributed by atoms with Gasteiger partial charge in [-0.15, -0.1) is 0 Å². The van der Waals surface area contributed by atoms with E-state index in [1.165, 1.54) is 19.5 Å². The molecule has 0 aromatic carbocycles. The Labute approximate surface area is 103 Å². The predicted molar refractivity (Wildman–Crippen MR) is 67.9 cm³/mol. The Bertz CT molecular complexity index is 350. The zero-order chi connectivity index (χ0) is 12.3. The Morgan fingerprint density at radius 1 is 1.65 bits per heavy atom. The fraction of sp³-hybridized carbons (Fsp3) is 0.769. The van der Waals surface area contributed by atoms with Gasteiger partial charge in [-0.1, -0.05) is 6.92 Å². The van der Waals surface area contributed by atoms with Crippen LogP contribution >= 0.6 is 0 Å². The van der Waals surface area contributed by atoms with Crippen molar-refractivity contribution in [2.45, 2.75) is 32.7 Å². The summed E-state index contributed by atoms with van der Waals surface area (Å²) in [6.45, 7) is 7.89. The number of hydrogen-bond donors (Lipinski definition) is 1. The first-order valence-corrected chi connectivity index (χ1v) is 6.56. The second kappa shape index (κ2) is 5.65. The van der Waals surface area contributed by atoms with Gasteiger partial charge in [0.2, 0.25) is 0 Å². The van der Waals surface area contributed by atoms with Crippen molar-refractivity contribution in [2.24, 2.45) is 5.92 Å². The summed E-state index contributed by atoms with van der Waals surface area (Å²) in [7, 11) is 1.94. The molecule has 4 heteroatoms. The van der Waals surface area contributed by atoms with E-state index in [1.807, 2.05) is 7.05 Å². The second-order valence-corrected chi connectivity index (χ2v) is 4.93. The number of hydrogen-bond acceptors (Lipinski definition) is 4. The average Bonchev–Trinajstić information content (AvgIpc) is 2.97. The summed E-state index contributed by atoms with van der Waals surface area (Å²) in [5, 5.41) is 3.17. The minimum absolute atomic E-state index is 0.267. The number of aromatic nitrogens is 1. The maximum Gasteiger partial charge on any atom is 0.194 e. The van der Waals surface area contributed by atoms with Gasteiger partial charge in [0, 0.05) is 19.0 Å².